The van der Waals surface area contributed by atoms with E-state index in [2.05, 4.69) is 71.6 Å². The van der Waals surface area contributed by atoms with Crippen molar-refractivity contribution in [3.63, 3.8) is 0 Å². The van der Waals surface area contributed by atoms with Gasteiger partial charge in [0.2, 0.25) is 11.5 Å². The van der Waals surface area contributed by atoms with Gasteiger partial charge in [-0.05, 0) is 94.5 Å². The summed E-state index contributed by atoms with van der Waals surface area (Å²) in [6, 6.07) is 57.6. The number of hydrogen-bond donors (Lipinski definition) is 8. The molecule has 10 heteroatoms. The molecule has 0 bridgehead atoms. The summed E-state index contributed by atoms with van der Waals surface area (Å²) in [5.74, 6) is -6.18. The number of hydrogen-bond acceptors (Lipinski definition) is 9. The third-order valence-electron chi connectivity index (χ3n) is 11.6. The van der Waals surface area contributed by atoms with Gasteiger partial charge in [-0.25, -0.2) is 0 Å². The van der Waals surface area contributed by atoms with Crippen LogP contribution >= 0.6 is 0 Å². The average Bonchev–Trinajstić information content (AvgIpc) is 3.66. The maximum atomic E-state index is 11.1. The van der Waals surface area contributed by atoms with E-state index in [-0.39, 0.29) is 22.3 Å². The van der Waals surface area contributed by atoms with Crippen molar-refractivity contribution < 1.29 is 40.9 Å². The highest BCUT2D eigenvalue weighted by molar-refractivity contribution is 6.11. The van der Waals surface area contributed by atoms with Gasteiger partial charge in [0.05, 0.1) is 22.3 Å². The van der Waals surface area contributed by atoms with Gasteiger partial charge in [-0.1, -0.05) is 109 Å². The highest BCUT2D eigenvalue weighted by Crippen LogP contribution is 2.52. The van der Waals surface area contributed by atoms with E-state index in [1.807, 2.05) is 89.5 Å². The zero-order chi connectivity index (χ0) is 44.2. The normalized spacial score (nSPS) is 11.3. The Hall–Kier alpha value is -9.02. The van der Waals surface area contributed by atoms with Crippen LogP contribution in [0.25, 0.3) is 72.0 Å². The summed E-state index contributed by atoms with van der Waals surface area (Å²) in [7, 11) is 0. The molecular weight excluding hydrogens is 805 g/mol. The van der Waals surface area contributed by atoms with Gasteiger partial charge in [-0.2, -0.15) is 0 Å². The highest BCUT2D eigenvalue weighted by Gasteiger charge is 2.25. The van der Waals surface area contributed by atoms with Crippen LogP contribution in [0, 0.1) is 0 Å². The Balaban J connectivity index is 1.22. The fourth-order valence-electron chi connectivity index (χ4n) is 8.67. The summed E-state index contributed by atoms with van der Waals surface area (Å²) in [6.07, 6.45) is 0. The molecule has 9 aromatic carbocycles. The first-order chi connectivity index (χ1) is 31.1. The number of fused-ring (bicyclic) bond motifs is 3. The van der Waals surface area contributed by atoms with E-state index in [1.165, 1.54) is 6.07 Å². The zero-order valence-corrected chi connectivity index (χ0v) is 33.8. The molecule has 0 aliphatic rings. The van der Waals surface area contributed by atoms with Crippen LogP contribution in [0.5, 0.6) is 46.0 Å². The molecule has 0 saturated heterocycles. The van der Waals surface area contributed by atoms with Crippen molar-refractivity contribution in [2.24, 2.45) is 0 Å². The lowest BCUT2D eigenvalue weighted by Gasteiger charge is -2.28. The molecule has 312 valence electrons. The minimum absolute atomic E-state index is 0.0885. The van der Waals surface area contributed by atoms with Crippen molar-refractivity contribution in [1.82, 2.24) is 4.57 Å². The standard InChI is InChI=1S/C54H38N2O8/c57-46-29-42(50(60)54(64)53(46)63)32-25-33(49-51(61)47(58)30-48(59)52(49)62)27-36(26-32)56-44-22-12-10-20-40(44)41-24-23-31(28-45(41)56)37-17-7-8-18-38(37)39-19-9-11-21-43(39)55(34-13-3-1-4-14-34)35-15-5-2-6-16-35/h1-30,57-64H. The van der Waals surface area contributed by atoms with Gasteiger partial charge in [0.1, 0.15) is 0 Å². The summed E-state index contributed by atoms with van der Waals surface area (Å²) < 4.78 is 1.97. The lowest BCUT2D eigenvalue weighted by molar-refractivity contribution is 0.347. The van der Waals surface area contributed by atoms with E-state index in [4.69, 9.17) is 0 Å². The summed E-state index contributed by atoms with van der Waals surface area (Å²) in [6.45, 7) is 0. The van der Waals surface area contributed by atoms with Gasteiger partial charge in [0.15, 0.2) is 34.5 Å². The van der Waals surface area contributed by atoms with Crippen molar-refractivity contribution >= 4 is 38.9 Å². The van der Waals surface area contributed by atoms with E-state index >= 15 is 0 Å². The summed E-state index contributed by atoms with van der Waals surface area (Å²) in [5, 5.41) is 87.8. The van der Waals surface area contributed by atoms with Gasteiger partial charge < -0.3 is 50.3 Å². The minimum atomic E-state index is -0.958. The maximum Gasteiger partial charge on any atom is 0.204 e. The number of para-hydroxylation sites is 4. The van der Waals surface area contributed by atoms with Gasteiger partial charge in [0, 0.05) is 45.0 Å². The Bertz CT molecular complexity index is 3370. The third kappa shape index (κ3) is 6.45. The number of benzene rings is 9. The molecule has 0 unspecified atom stereocenters. The number of rotatable bonds is 8. The second-order valence-corrected chi connectivity index (χ2v) is 15.4. The van der Waals surface area contributed by atoms with Gasteiger partial charge >= 0.3 is 0 Å². The number of phenols is 8. The maximum absolute atomic E-state index is 11.1. The molecule has 1 heterocycles. The van der Waals surface area contributed by atoms with Crippen molar-refractivity contribution in [1.29, 1.82) is 0 Å². The molecule has 10 aromatic rings. The highest BCUT2D eigenvalue weighted by atomic mass is 16.3. The average molecular weight is 843 g/mol. The smallest absolute Gasteiger partial charge is 0.204 e. The van der Waals surface area contributed by atoms with Crippen LogP contribution in [0.1, 0.15) is 0 Å². The Morgan fingerprint density at radius 2 is 0.875 bits per heavy atom. The minimum Gasteiger partial charge on any atom is -0.504 e. The van der Waals surface area contributed by atoms with Crippen molar-refractivity contribution in [2.75, 3.05) is 4.90 Å². The van der Waals surface area contributed by atoms with Crippen molar-refractivity contribution in [3.8, 4) is 96.2 Å². The molecule has 0 fully saturated rings. The lowest BCUT2D eigenvalue weighted by Crippen LogP contribution is -2.11. The molecular formula is C54H38N2O8. The SMILES string of the molecule is Oc1cc(-c2cc(-c3c(O)c(O)cc(O)c3O)cc(-n3c4ccccc4c4ccc(-c5ccccc5-c5ccccc5N(c5ccccc5)c5ccccc5)cc43)c2)c(O)c(O)c1O. The molecule has 0 aliphatic heterocycles. The van der Waals surface area contributed by atoms with Crippen LogP contribution in [0.4, 0.5) is 17.1 Å². The molecule has 1 aromatic heterocycles. The molecule has 0 spiro atoms. The fraction of sp³-hybridized carbons (Fsp3) is 0. The summed E-state index contributed by atoms with van der Waals surface area (Å²) >= 11 is 0. The van der Waals surface area contributed by atoms with Gasteiger partial charge in [-0.3, -0.25) is 0 Å². The van der Waals surface area contributed by atoms with Gasteiger partial charge in [0.25, 0.3) is 0 Å². The molecule has 0 saturated carbocycles. The number of phenolic OH excluding ortho intramolecular Hbond substituents is 8. The van der Waals surface area contributed by atoms with Crippen LogP contribution in [0.2, 0.25) is 0 Å². The fourth-order valence-corrected chi connectivity index (χ4v) is 8.67. The van der Waals surface area contributed by atoms with E-state index in [0.29, 0.717) is 5.69 Å². The predicted octanol–water partition coefficient (Wildman–Crippen LogP) is 12.6. The number of aromatic hydroxyl groups is 8. The Morgan fingerprint density at radius 1 is 0.328 bits per heavy atom. The van der Waals surface area contributed by atoms with Crippen LogP contribution in [0.3, 0.4) is 0 Å². The van der Waals surface area contributed by atoms with Crippen LogP contribution in [-0.4, -0.2) is 45.4 Å². The lowest BCUT2D eigenvalue weighted by atomic mass is 9.92. The largest absolute Gasteiger partial charge is 0.504 e. The van der Waals surface area contributed by atoms with Gasteiger partial charge in [-0.15, -0.1) is 0 Å². The molecule has 0 aliphatic carbocycles. The second-order valence-electron chi connectivity index (χ2n) is 15.4. The number of nitrogens with zero attached hydrogens (tertiary/aromatic N) is 2. The van der Waals surface area contributed by atoms with E-state index < -0.39 is 46.0 Å². The first-order valence-electron chi connectivity index (χ1n) is 20.3. The monoisotopic (exact) mass is 842 g/mol. The second kappa shape index (κ2) is 15.5. The van der Waals surface area contributed by atoms with E-state index in [9.17, 15) is 40.9 Å². The molecule has 10 rings (SSSR count). The number of aromatic nitrogens is 1. The molecule has 64 heavy (non-hydrogen) atoms. The number of anilines is 3. The predicted molar refractivity (Wildman–Crippen MR) is 251 cm³/mol. The van der Waals surface area contributed by atoms with E-state index in [0.717, 1.165) is 73.3 Å². The topological polar surface area (TPSA) is 170 Å². The molecule has 0 atom stereocenters. The Labute approximate surface area is 366 Å². The van der Waals surface area contributed by atoms with Crippen LogP contribution in [-0.2, 0) is 0 Å². The first-order valence-corrected chi connectivity index (χ1v) is 20.3. The summed E-state index contributed by atoms with van der Waals surface area (Å²) in [5.41, 5.74) is 8.60. The molecule has 0 radical (unpaired) electrons. The summed E-state index contributed by atoms with van der Waals surface area (Å²) in [4.78, 5) is 2.24. The quantitative estimate of drug-likeness (QED) is 0.0548. The van der Waals surface area contributed by atoms with Crippen molar-refractivity contribution in [2.45, 2.75) is 0 Å². The Morgan fingerprint density at radius 3 is 1.56 bits per heavy atom. The van der Waals surface area contributed by atoms with Crippen LogP contribution in [0.15, 0.2) is 182 Å². The first kappa shape index (κ1) is 39.1. The zero-order valence-electron chi connectivity index (χ0n) is 33.8. The molecule has 0 amide bonds. The Kier molecular flexibility index (Phi) is 9.46. The van der Waals surface area contributed by atoms with E-state index in [1.54, 1.807) is 12.1 Å². The van der Waals surface area contributed by atoms with Crippen LogP contribution < -0.4 is 4.90 Å². The molecule has 10 nitrogen and oxygen atoms in total. The molecule has 8 N–H and O–H groups in total. The van der Waals surface area contributed by atoms with Crippen molar-refractivity contribution in [3.05, 3.63) is 182 Å². The third-order valence-corrected chi connectivity index (χ3v) is 11.6.